The summed E-state index contributed by atoms with van der Waals surface area (Å²) in [6.45, 7) is 10.7. The molecule has 1 aromatic heterocycles. The number of aryl methyl sites for hydroxylation is 1. The van der Waals surface area contributed by atoms with Crippen LogP contribution in [-0.4, -0.2) is 26.8 Å². The van der Waals surface area contributed by atoms with Crippen LogP contribution in [0.25, 0.3) is 16.1 Å². The van der Waals surface area contributed by atoms with Gasteiger partial charge >= 0.3 is 0 Å². The van der Waals surface area contributed by atoms with Crippen molar-refractivity contribution >= 4 is 29.0 Å². The summed E-state index contributed by atoms with van der Waals surface area (Å²) >= 11 is 6.09. The third-order valence-electron chi connectivity index (χ3n) is 5.58. The second kappa shape index (κ2) is 10.1. The minimum atomic E-state index is -0.562. The summed E-state index contributed by atoms with van der Waals surface area (Å²) < 4.78 is 1.43. The van der Waals surface area contributed by atoms with Crippen LogP contribution in [0.15, 0.2) is 29.1 Å². The molecule has 0 bridgehead atoms. The zero-order valence-electron chi connectivity index (χ0n) is 18.4. The van der Waals surface area contributed by atoms with Gasteiger partial charge in [-0.2, -0.15) is 0 Å². The molecule has 7 nitrogen and oxygen atoms in total. The van der Waals surface area contributed by atoms with Gasteiger partial charge in [-0.3, -0.25) is 19.0 Å². The Morgan fingerprint density at radius 3 is 2.66 bits per heavy atom. The summed E-state index contributed by atoms with van der Waals surface area (Å²) in [5.41, 5.74) is 0.587. The van der Waals surface area contributed by atoms with Gasteiger partial charge in [0.05, 0.1) is 24.3 Å². The van der Waals surface area contributed by atoms with Crippen LogP contribution in [0.5, 0.6) is 0 Å². The minimum absolute atomic E-state index is 0.0794. The van der Waals surface area contributed by atoms with E-state index in [1.807, 2.05) is 0 Å². The van der Waals surface area contributed by atoms with E-state index >= 15 is 0 Å². The van der Waals surface area contributed by atoms with Gasteiger partial charge in [-0.25, -0.2) is 11.6 Å². The molecule has 0 spiro atoms. The molecule has 0 unspecified atom stereocenters. The number of nitrogens with one attached hydrogen (secondary N) is 1. The molecule has 0 saturated heterocycles. The fraction of sp³-hybridized carbons (Fsp3) is 0.458. The predicted octanol–water partition coefficient (Wildman–Crippen LogP) is 4.67. The van der Waals surface area contributed by atoms with Gasteiger partial charge in [0, 0.05) is 42.8 Å². The topological polar surface area (TPSA) is 85.4 Å². The van der Waals surface area contributed by atoms with Crippen molar-refractivity contribution < 1.29 is 9.59 Å². The molecule has 0 radical (unpaired) electrons. The Hall–Kier alpha value is -2.98. The van der Waals surface area contributed by atoms with Crippen molar-refractivity contribution in [2.45, 2.75) is 70.9 Å². The molecular formula is C24H27ClN4O3. The Bertz CT molecular complexity index is 1130. The molecule has 0 atom stereocenters. The van der Waals surface area contributed by atoms with Crippen LogP contribution in [0, 0.1) is 6.57 Å². The molecule has 1 amide bonds. The molecule has 32 heavy (non-hydrogen) atoms. The monoisotopic (exact) mass is 454 g/mol. The van der Waals surface area contributed by atoms with Crippen molar-refractivity contribution in [2.24, 2.45) is 0 Å². The van der Waals surface area contributed by atoms with E-state index < -0.39 is 5.54 Å². The lowest BCUT2D eigenvalue weighted by molar-refractivity contribution is -0.120. The number of carbonyl (C=O) groups excluding carboxylic acids is 2. The molecule has 1 fully saturated rings. The van der Waals surface area contributed by atoms with E-state index in [9.17, 15) is 14.4 Å². The number of amides is 1. The van der Waals surface area contributed by atoms with Gasteiger partial charge in [0.25, 0.3) is 5.56 Å². The standard InChI is InChI=1S/C24H27ClN4O3/c1-4-5-6-7-22-28-21(19-9-8-17(25)12-20(19)27-16(2)30)13-23(32)29(22)15-18(31)14-24(26-3)10-11-24/h8-9,12-13H,4-7,10-11,14-15H2,1-2H3,(H,27,30). The second-order valence-electron chi connectivity index (χ2n) is 8.36. The predicted molar refractivity (Wildman–Crippen MR) is 125 cm³/mol. The highest BCUT2D eigenvalue weighted by Crippen LogP contribution is 2.43. The first-order chi connectivity index (χ1) is 15.3. The second-order valence-corrected chi connectivity index (χ2v) is 8.80. The molecule has 1 aliphatic carbocycles. The first kappa shape index (κ1) is 23.7. The molecule has 1 saturated carbocycles. The number of Topliss-reactive ketones (excluding diaryl/α,β-unsaturated/α-hetero) is 1. The number of nitrogens with zero attached hydrogens (tertiary/aromatic N) is 3. The van der Waals surface area contributed by atoms with Crippen molar-refractivity contribution in [3.8, 4) is 11.3 Å². The van der Waals surface area contributed by atoms with E-state index in [4.69, 9.17) is 23.2 Å². The zero-order valence-corrected chi connectivity index (χ0v) is 19.2. The fourth-order valence-electron chi connectivity index (χ4n) is 3.69. The number of halogens is 1. The lowest BCUT2D eigenvalue weighted by Crippen LogP contribution is -2.29. The maximum absolute atomic E-state index is 13.1. The highest BCUT2D eigenvalue weighted by atomic mass is 35.5. The molecule has 1 N–H and O–H groups in total. The van der Waals surface area contributed by atoms with Gasteiger partial charge in [-0.1, -0.05) is 31.4 Å². The molecule has 3 rings (SSSR count). The van der Waals surface area contributed by atoms with Crippen LogP contribution < -0.4 is 10.9 Å². The smallest absolute Gasteiger partial charge is 0.254 e. The average Bonchev–Trinajstić information content (AvgIpc) is 3.50. The van der Waals surface area contributed by atoms with Crippen LogP contribution in [0.4, 0.5) is 5.69 Å². The van der Waals surface area contributed by atoms with Gasteiger partial charge in [0.2, 0.25) is 11.4 Å². The van der Waals surface area contributed by atoms with Crippen LogP contribution >= 0.6 is 11.6 Å². The Kier molecular flexibility index (Phi) is 7.47. The summed E-state index contributed by atoms with van der Waals surface area (Å²) in [5, 5.41) is 3.19. The van der Waals surface area contributed by atoms with E-state index in [1.165, 1.54) is 17.6 Å². The summed E-state index contributed by atoms with van der Waals surface area (Å²) in [6.07, 6.45) is 5.03. The quantitative estimate of drug-likeness (QED) is 0.417. The number of hydrogen-bond donors (Lipinski definition) is 1. The number of anilines is 1. The SMILES string of the molecule is [C-]#[N+]C1(CC(=O)Cn2c(CCCCC)nc(-c3ccc(Cl)cc3NC(C)=O)cc2=O)CC1. The Balaban J connectivity index is 1.98. The minimum Gasteiger partial charge on any atom is -0.326 e. The van der Waals surface area contributed by atoms with Crippen LogP contribution in [-0.2, 0) is 22.6 Å². The van der Waals surface area contributed by atoms with Gasteiger partial charge < -0.3 is 10.2 Å². The molecule has 0 aliphatic heterocycles. The maximum atomic E-state index is 13.1. The van der Waals surface area contributed by atoms with Crippen molar-refractivity contribution in [3.05, 3.63) is 56.9 Å². The van der Waals surface area contributed by atoms with Crippen molar-refractivity contribution in [3.63, 3.8) is 0 Å². The van der Waals surface area contributed by atoms with Gasteiger partial charge in [0.1, 0.15) is 5.82 Å². The number of aromatic nitrogens is 2. The van der Waals surface area contributed by atoms with Crippen LogP contribution in [0.1, 0.15) is 58.2 Å². The van der Waals surface area contributed by atoms with Gasteiger partial charge in [-0.15, -0.1) is 0 Å². The van der Waals surface area contributed by atoms with Crippen molar-refractivity contribution in [1.82, 2.24) is 9.55 Å². The van der Waals surface area contributed by atoms with Gasteiger partial charge in [0.15, 0.2) is 5.78 Å². The van der Waals surface area contributed by atoms with E-state index in [0.29, 0.717) is 34.2 Å². The van der Waals surface area contributed by atoms with Gasteiger partial charge in [-0.05, 0) is 24.6 Å². The largest absolute Gasteiger partial charge is 0.326 e. The zero-order chi connectivity index (χ0) is 23.3. The molecule has 168 valence electrons. The summed E-state index contributed by atoms with van der Waals surface area (Å²) in [7, 11) is 0. The van der Waals surface area contributed by atoms with E-state index in [0.717, 1.165) is 32.1 Å². The molecule has 2 aromatic rings. The third-order valence-corrected chi connectivity index (χ3v) is 5.82. The molecular weight excluding hydrogens is 428 g/mol. The van der Waals surface area contributed by atoms with E-state index in [1.54, 1.807) is 18.2 Å². The lowest BCUT2D eigenvalue weighted by atomic mass is 10.1. The lowest BCUT2D eigenvalue weighted by Gasteiger charge is -2.15. The highest BCUT2D eigenvalue weighted by molar-refractivity contribution is 6.31. The van der Waals surface area contributed by atoms with Crippen molar-refractivity contribution in [1.29, 1.82) is 0 Å². The van der Waals surface area contributed by atoms with E-state index in [-0.39, 0.29) is 30.2 Å². The Morgan fingerprint density at radius 2 is 2.03 bits per heavy atom. The normalized spacial score (nSPS) is 13.9. The first-order valence-electron chi connectivity index (χ1n) is 10.9. The number of benzene rings is 1. The summed E-state index contributed by atoms with van der Waals surface area (Å²) in [4.78, 5) is 45.6. The van der Waals surface area contributed by atoms with E-state index in [2.05, 4.69) is 17.1 Å². The fourth-order valence-corrected chi connectivity index (χ4v) is 3.86. The first-order valence-corrected chi connectivity index (χ1v) is 11.2. The van der Waals surface area contributed by atoms with Crippen LogP contribution in [0.3, 0.4) is 0 Å². The average molecular weight is 455 g/mol. The molecule has 8 heteroatoms. The summed E-state index contributed by atoms with van der Waals surface area (Å²) in [5.74, 6) is 0.146. The highest BCUT2D eigenvalue weighted by Gasteiger charge is 2.52. The molecule has 1 heterocycles. The Labute approximate surface area is 192 Å². The molecule has 1 aliphatic rings. The number of ketones is 1. The summed E-state index contributed by atoms with van der Waals surface area (Å²) in [6, 6.07) is 6.39. The number of hydrogen-bond acceptors (Lipinski definition) is 4. The Morgan fingerprint density at radius 1 is 1.28 bits per heavy atom. The number of unbranched alkanes of at least 4 members (excludes halogenated alkanes) is 2. The number of carbonyl (C=O) groups is 2. The van der Waals surface area contributed by atoms with Crippen LogP contribution in [0.2, 0.25) is 5.02 Å². The maximum Gasteiger partial charge on any atom is 0.254 e. The molecule has 1 aromatic carbocycles. The van der Waals surface area contributed by atoms with Crippen molar-refractivity contribution in [2.75, 3.05) is 5.32 Å². The third kappa shape index (κ3) is 5.83. The number of rotatable bonds is 10.